The molecule has 6 rings (SSSR count). The zero-order valence-electron chi connectivity index (χ0n) is 21.8. The lowest BCUT2D eigenvalue weighted by molar-refractivity contribution is -0.138. The van der Waals surface area contributed by atoms with E-state index in [0.29, 0.717) is 27.2 Å². The molecule has 2 unspecified atom stereocenters. The lowest BCUT2D eigenvalue weighted by atomic mass is 9.87. The van der Waals surface area contributed by atoms with Crippen LogP contribution in [0.15, 0.2) is 81.2 Å². The normalized spacial score (nSPS) is 20.0. The van der Waals surface area contributed by atoms with Gasteiger partial charge in [-0.15, -0.1) is 0 Å². The number of thioether (sulfide) groups is 1. The van der Waals surface area contributed by atoms with Gasteiger partial charge in [-0.2, -0.15) is 26.3 Å². The highest BCUT2D eigenvalue weighted by Crippen LogP contribution is 2.54. The Labute approximate surface area is 251 Å². The summed E-state index contributed by atoms with van der Waals surface area (Å²) in [7, 11) is 0. The molecule has 0 aliphatic carbocycles. The van der Waals surface area contributed by atoms with Crippen molar-refractivity contribution >= 4 is 52.2 Å². The van der Waals surface area contributed by atoms with Gasteiger partial charge < -0.3 is 9.73 Å². The Bertz CT molecular complexity index is 1850. The number of aromatic nitrogens is 1. The highest BCUT2D eigenvalue weighted by Gasteiger charge is 2.57. The second-order valence-corrected chi connectivity index (χ2v) is 12.0. The van der Waals surface area contributed by atoms with Gasteiger partial charge in [-0.1, -0.05) is 35.2 Å². The summed E-state index contributed by atoms with van der Waals surface area (Å²) in [6.07, 6.45) is -8.06. The molecule has 1 N–H and O–H groups in total. The Morgan fingerprint density at radius 3 is 2.23 bits per heavy atom. The average Bonchev–Trinajstić information content (AvgIpc) is 3.65. The fourth-order valence-electron chi connectivity index (χ4n) is 5.22. The third-order valence-electron chi connectivity index (χ3n) is 7.11. The van der Waals surface area contributed by atoms with Crippen molar-refractivity contribution in [2.45, 2.75) is 35.1 Å². The number of nitrogens with one attached hydrogen (secondary N) is 1. The van der Waals surface area contributed by atoms with Crippen LogP contribution >= 0.6 is 23.1 Å². The third kappa shape index (κ3) is 5.21. The molecule has 0 radical (unpaired) electrons. The van der Waals surface area contributed by atoms with E-state index in [4.69, 9.17) is 4.42 Å². The van der Waals surface area contributed by atoms with E-state index in [1.54, 1.807) is 0 Å². The first-order valence-electron chi connectivity index (χ1n) is 12.7. The Balaban J connectivity index is 1.35. The molecule has 2 aliphatic heterocycles. The number of benzene rings is 2. The second-order valence-electron chi connectivity index (χ2n) is 9.87. The number of rotatable bonds is 5. The topological polar surface area (TPSA) is 102 Å². The van der Waals surface area contributed by atoms with E-state index in [9.17, 15) is 45.5 Å². The van der Waals surface area contributed by atoms with Crippen LogP contribution in [0.1, 0.15) is 27.7 Å². The van der Waals surface area contributed by atoms with Gasteiger partial charge in [0.2, 0.25) is 17.7 Å². The van der Waals surface area contributed by atoms with Crippen LogP contribution in [0, 0.1) is 5.92 Å². The fraction of sp³-hybridized carbons (Fsp3) is 0.214. The SMILES string of the molecule is O=C(Cn1c2c(sc1=O)[C@H](c1ccco1)C1C(=O)N(c3cccc(C(F)(F)F)c3)C(=O)C1S2)Nc1cccc(C(F)(F)F)c1. The summed E-state index contributed by atoms with van der Waals surface area (Å²) in [4.78, 5) is 53.8. The first kappa shape index (κ1) is 29.7. The number of fused-ring (bicyclic) bond motifs is 2. The molecule has 228 valence electrons. The van der Waals surface area contributed by atoms with Gasteiger partial charge in [0.05, 0.1) is 44.8 Å². The van der Waals surface area contributed by atoms with Crippen LogP contribution in [0.25, 0.3) is 0 Å². The smallest absolute Gasteiger partial charge is 0.416 e. The van der Waals surface area contributed by atoms with Crippen LogP contribution < -0.4 is 15.1 Å². The van der Waals surface area contributed by atoms with Gasteiger partial charge in [0.1, 0.15) is 17.6 Å². The highest BCUT2D eigenvalue weighted by molar-refractivity contribution is 8.00. The summed E-state index contributed by atoms with van der Waals surface area (Å²) >= 11 is 1.52. The van der Waals surface area contributed by atoms with Crippen molar-refractivity contribution in [2.24, 2.45) is 5.92 Å². The van der Waals surface area contributed by atoms with Gasteiger partial charge in [-0.05, 0) is 48.5 Å². The van der Waals surface area contributed by atoms with E-state index in [-0.39, 0.29) is 22.2 Å². The largest absolute Gasteiger partial charge is 0.469 e. The van der Waals surface area contributed by atoms with E-state index >= 15 is 0 Å². The van der Waals surface area contributed by atoms with Crippen LogP contribution in [0.4, 0.5) is 37.7 Å². The molecule has 1 saturated heterocycles. The van der Waals surface area contributed by atoms with Crippen molar-refractivity contribution in [3.8, 4) is 0 Å². The maximum atomic E-state index is 13.7. The number of hydrogen-bond acceptors (Lipinski definition) is 7. The summed E-state index contributed by atoms with van der Waals surface area (Å²) in [5.74, 6) is -4.34. The van der Waals surface area contributed by atoms with E-state index in [2.05, 4.69) is 5.32 Å². The maximum Gasteiger partial charge on any atom is 0.416 e. The summed E-state index contributed by atoms with van der Waals surface area (Å²) in [6.45, 7) is -0.629. The number of carbonyl (C=O) groups is 3. The molecule has 3 amide bonds. The minimum Gasteiger partial charge on any atom is -0.469 e. The molecule has 4 aromatic rings. The Morgan fingerprint density at radius 2 is 1.57 bits per heavy atom. The first-order valence-corrected chi connectivity index (χ1v) is 14.4. The van der Waals surface area contributed by atoms with Gasteiger partial charge >= 0.3 is 17.2 Å². The van der Waals surface area contributed by atoms with Crippen molar-refractivity contribution in [2.75, 3.05) is 10.2 Å². The number of thiazole rings is 1. The Morgan fingerprint density at radius 1 is 0.886 bits per heavy atom. The van der Waals surface area contributed by atoms with E-state index in [1.807, 2.05) is 0 Å². The van der Waals surface area contributed by atoms with E-state index < -0.39 is 69.7 Å². The van der Waals surface area contributed by atoms with Gasteiger partial charge in [0, 0.05) is 5.69 Å². The van der Waals surface area contributed by atoms with Crippen LogP contribution in [-0.4, -0.2) is 27.5 Å². The van der Waals surface area contributed by atoms with E-state index in [1.165, 1.54) is 30.5 Å². The summed E-state index contributed by atoms with van der Waals surface area (Å²) in [5, 5.41) is 1.30. The molecule has 1 fully saturated rings. The molecule has 0 saturated carbocycles. The molecular formula is C28H17F6N3O5S2. The third-order valence-corrected chi connectivity index (χ3v) is 9.71. The first-order chi connectivity index (χ1) is 20.7. The molecule has 4 heterocycles. The summed E-state index contributed by atoms with van der Waals surface area (Å²) in [6, 6.07) is 10.8. The molecule has 2 aliphatic rings. The monoisotopic (exact) mass is 653 g/mol. The molecule has 2 aromatic carbocycles. The van der Waals surface area contributed by atoms with Crippen molar-refractivity contribution in [1.29, 1.82) is 0 Å². The van der Waals surface area contributed by atoms with Gasteiger partial charge in [-0.3, -0.25) is 23.7 Å². The molecule has 44 heavy (non-hydrogen) atoms. The summed E-state index contributed by atoms with van der Waals surface area (Å²) < 4.78 is 86.1. The fourth-order valence-corrected chi connectivity index (χ4v) is 7.98. The minimum atomic E-state index is -4.73. The average molecular weight is 654 g/mol. The zero-order chi connectivity index (χ0) is 31.6. The Hall–Kier alpha value is -4.31. The lowest BCUT2D eigenvalue weighted by Gasteiger charge is -2.29. The molecule has 8 nitrogen and oxygen atoms in total. The predicted octanol–water partition coefficient (Wildman–Crippen LogP) is 5.97. The highest BCUT2D eigenvalue weighted by atomic mass is 32.2. The van der Waals surface area contributed by atoms with Crippen molar-refractivity contribution in [3.05, 3.63) is 98.4 Å². The van der Waals surface area contributed by atoms with Crippen LogP contribution in [0.2, 0.25) is 0 Å². The molecule has 16 heteroatoms. The number of carbonyl (C=O) groups excluding carboxylic acids is 3. The molecule has 0 bridgehead atoms. The molecule has 2 aromatic heterocycles. The van der Waals surface area contributed by atoms with Gasteiger partial charge in [0.15, 0.2) is 0 Å². The number of alkyl halides is 6. The quantitative estimate of drug-likeness (QED) is 0.210. The number of amides is 3. The zero-order valence-corrected chi connectivity index (χ0v) is 23.4. The minimum absolute atomic E-state index is 0.156. The standard InChI is InChI=1S/C28H17F6N3O5S2/c29-27(30,31)13-4-1-6-15(10-13)35-18(38)12-36-25-22(44-26(36)41)19(17-8-3-9-42-17)20-21(43-25)24(40)37(23(20)39)16-7-2-5-14(11-16)28(32,33)34/h1-11,19-21H,12H2,(H,35,38)/t19-,20?,21?/m1/s1. The van der Waals surface area contributed by atoms with Crippen LogP contribution in [0.3, 0.4) is 0 Å². The molecule has 3 atom stereocenters. The second kappa shape index (κ2) is 10.7. The van der Waals surface area contributed by atoms with Crippen LogP contribution in [-0.2, 0) is 33.3 Å². The number of anilines is 2. The number of imide groups is 1. The summed E-state index contributed by atoms with van der Waals surface area (Å²) in [5.41, 5.74) is -2.47. The number of furan rings is 1. The Kier molecular flexibility index (Phi) is 7.23. The van der Waals surface area contributed by atoms with Crippen molar-refractivity contribution in [1.82, 2.24) is 4.57 Å². The number of nitrogens with zero attached hydrogens (tertiary/aromatic N) is 2. The van der Waals surface area contributed by atoms with Crippen LogP contribution in [0.5, 0.6) is 0 Å². The molecular weight excluding hydrogens is 636 g/mol. The maximum absolute atomic E-state index is 13.7. The van der Waals surface area contributed by atoms with E-state index in [0.717, 1.165) is 46.7 Å². The number of hydrogen-bond donors (Lipinski definition) is 1. The van der Waals surface area contributed by atoms with Crippen molar-refractivity contribution < 1.29 is 45.1 Å². The van der Waals surface area contributed by atoms with Crippen molar-refractivity contribution in [3.63, 3.8) is 0 Å². The van der Waals surface area contributed by atoms with Gasteiger partial charge in [0.25, 0.3) is 0 Å². The molecule has 0 spiro atoms. The number of halogens is 6. The predicted molar refractivity (Wildman–Crippen MR) is 146 cm³/mol. The lowest BCUT2D eigenvalue weighted by Crippen LogP contribution is -2.32. The van der Waals surface area contributed by atoms with Gasteiger partial charge in [-0.25, -0.2) is 4.90 Å².